The topological polar surface area (TPSA) is 49.3 Å². The number of amides is 1. The molecule has 0 radical (unpaired) electrons. The zero-order valence-electron chi connectivity index (χ0n) is 13.3. The Morgan fingerprint density at radius 1 is 0.952 bits per heavy atom. The average molecular weight is 293 g/mol. The van der Waals surface area contributed by atoms with E-state index in [1.54, 1.807) is 0 Å². The second-order valence-electron chi connectivity index (χ2n) is 7.80. The molecule has 0 heterocycles. The number of fused-ring (bicyclic) bond motifs is 1. The van der Waals surface area contributed by atoms with E-state index < -0.39 is 0 Å². The molecule has 2 N–H and O–H groups in total. The third-order valence-electron chi connectivity index (χ3n) is 6.41. The number of aliphatic hydroxyl groups is 1. The van der Waals surface area contributed by atoms with E-state index in [1.165, 1.54) is 38.5 Å². The van der Waals surface area contributed by atoms with Crippen LogP contribution in [0, 0.1) is 17.8 Å². The van der Waals surface area contributed by atoms with E-state index in [2.05, 4.69) is 5.32 Å². The minimum absolute atomic E-state index is 0.109. The molecule has 21 heavy (non-hydrogen) atoms. The number of hydrogen-bond donors (Lipinski definition) is 2. The highest BCUT2D eigenvalue weighted by molar-refractivity contribution is 5.79. The Morgan fingerprint density at radius 2 is 1.67 bits per heavy atom. The fourth-order valence-corrected chi connectivity index (χ4v) is 5.03. The van der Waals surface area contributed by atoms with E-state index >= 15 is 0 Å². The van der Waals surface area contributed by atoms with E-state index in [9.17, 15) is 9.90 Å². The standard InChI is InChI=1S/C18H31NO2/c20-13-18(10-4-1-5-11-18)19-17(21)16-9-8-14-6-2-3-7-15(14)12-16/h14-16,20H,1-13H2,(H,19,21). The van der Waals surface area contributed by atoms with Crippen molar-refractivity contribution in [3.8, 4) is 0 Å². The van der Waals surface area contributed by atoms with Crippen LogP contribution in [0.2, 0.25) is 0 Å². The molecule has 0 saturated heterocycles. The molecule has 0 spiro atoms. The molecule has 0 aromatic rings. The van der Waals surface area contributed by atoms with Gasteiger partial charge in [0.25, 0.3) is 0 Å². The predicted octanol–water partition coefficient (Wildman–Crippen LogP) is 3.40. The van der Waals surface area contributed by atoms with Crippen LogP contribution in [0.25, 0.3) is 0 Å². The first kappa shape index (κ1) is 15.3. The van der Waals surface area contributed by atoms with Crippen LogP contribution >= 0.6 is 0 Å². The molecule has 3 saturated carbocycles. The Labute approximate surface area is 128 Å². The highest BCUT2D eigenvalue weighted by atomic mass is 16.3. The maximum absolute atomic E-state index is 12.7. The van der Waals surface area contributed by atoms with E-state index in [0.29, 0.717) is 0 Å². The maximum Gasteiger partial charge on any atom is 0.223 e. The van der Waals surface area contributed by atoms with Crippen molar-refractivity contribution in [2.75, 3.05) is 6.61 Å². The fraction of sp³-hybridized carbons (Fsp3) is 0.944. The lowest BCUT2D eigenvalue weighted by Crippen LogP contribution is -2.54. The van der Waals surface area contributed by atoms with E-state index in [-0.39, 0.29) is 24.0 Å². The van der Waals surface area contributed by atoms with Crippen LogP contribution in [0.3, 0.4) is 0 Å². The van der Waals surface area contributed by atoms with E-state index in [0.717, 1.165) is 50.4 Å². The number of hydrogen-bond acceptors (Lipinski definition) is 2. The molecule has 1 amide bonds. The lowest BCUT2D eigenvalue weighted by molar-refractivity contribution is -0.130. The van der Waals surface area contributed by atoms with Gasteiger partial charge in [-0.05, 0) is 43.9 Å². The van der Waals surface area contributed by atoms with Gasteiger partial charge in [-0.3, -0.25) is 4.79 Å². The summed E-state index contributed by atoms with van der Waals surface area (Å²) in [6.07, 6.45) is 14.3. The fourth-order valence-electron chi connectivity index (χ4n) is 5.03. The van der Waals surface area contributed by atoms with Crippen LogP contribution in [0.4, 0.5) is 0 Å². The van der Waals surface area contributed by atoms with Gasteiger partial charge in [0.1, 0.15) is 0 Å². The summed E-state index contributed by atoms with van der Waals surface area (Å²) in [6, 6.07) is 0. The first-order valence-electron chi connectivity index (χ1n) is 9.15. The van der Waals surface area contributed by atoms with Crippen LogP contribution in [0.5, 0.6) is 0 Å². The Hall–Kier alpha value is -0.570. The summed E-state index contributed by atoms with van der Waals surface area (Å²) in [5, 5.41) is 13.0. The van der Waals surface area contributed by atoms with Gasteiger partial charge in [-0.2, -0.15) is 0 Å². The quantitative estimate of drug-likeness (QED) is 0.838. The zero-order valence-corrected chi connectivity index (χ0v) is 13.3. The van der Waals surface area contributed by atoms with E-state index in [4.69, 9.17) is 0 Å². The SMILES string of the molecule is O=C(NC1(CO)CCCCC1)C1CCC2CCCCC2C1. The summed E-state index contributed by atoms with van der Waals surface area (Å²) in [6.45, 7) is 0.109. The minimum atomic E-state index is -0.307. The minimum Gasteiger partial charge on any atom is -0.394 e. The monoisotopic (exact) mass is 293 g/mol. The number of carbonyl (C=O) groups excluding carboxylic acids is 1. The van der Waals surface area contributed by atoms with Crippen LogP contribution < -0.4 is 5.32 Å². The Kier molecular flexibility index (Phi) is 4.88. The molecular weight excluding hydrogens is 262 g/mol. The number of carbonyl (C=O) groups is 1. The molecule has 3 rings (SSSR count). The highest BCUT2D eigenvalue weighted by Gasteiger charge is 2.38. The van der Waals surface area contributed by atoms with Crippen molar-refractivity contribution in [2.45, 2.75) is 82.6 Å². The van der Waals surface area contributed by atoms with Gasteiger partial charge < -0.3 is 10.4 Å². The summed E-state index contributed by atoms with van der Waals surface area (Å²) in [7, 11) is 0. The molecule has 3 aliphatic rings. The number of rotatable bonds is 3. The molecule has 3 aliphatic carbocycles. The van der Waals surface area contributed by atoms with Crippen molar-refractivity contribution in [3.63, 3.8) is 0 Å². The van der Waals surface area contributed by atoms with Crippen molar-refractivity contribution in [1.29, 1.82) is 0 Å². The summed E-state index contributed by atoms with van der Waals surface area (Å²) >= 11 is 0. The molecule has 3 unspecified atom stereocenters. The lowest BCUT2D eigenvalue weighted by Gasteiger charge is -2.41. The first-order valence-corrected chi connectivity index (χ1v) is 9.15. The van der Waals surface area contributed by atoms with Gasteiger partial charge >= 0.3 is 0 Å². The Morgan fingerprint density at radius 3 is 2.38 bits per heavy atom. The van der Waals surface area contributed by atoms with E-state index in [1.807, 2.05) is 0 Å². The molecule has 3 atom stereocenters. The highest BCUT2D eigenvalue weighted by Crippen LogP contribution is 2.43. The van der Waals surface area contributed by atoms with Gasteiger partial charge in [0, 0.05) is 5.92 Å². The first-order chi connectivity index (χ1) is 10.2. The summed E-state index contributed by atoms with van der Waals surface area (Å²) < 4.78 is 0. The molecule has 0 aromatic heterocycles. The van der Waals surface area contributed by atoms with Crippen LogP contribution in [0.1, 0.15) is 77.0 Å². The van der Waals surface area contributed by atoms with Crippen molar-refractivity contribution in [2.24, 2.45) is 17.8 Å². The lowest BCUT2D eigenvalue weighted by atomic mass is 9.67. The Balaban J connectivity index is 1.57. The van der Waals surface area contributed by atoms with Crippen molar-refractivity contribution in [3.05, 3.63) is 0 Å². The summed E-state index contributed by atoms with van der Waals surface area (Å²) in [5.74, 6) is 2.12. The predicted molar refractivity (Wildman–Crippen MR) is 83.8 cm³/mol. The maximum atomic E-state index is 12.7. The molecular formula is C18H31NO2. The van der Waals surface area contributed by atoms with Crippen molar-refractivity contribution >= 4 is 5.91 Å². The molecule has 0 aromatic carbocycles. The normalized spacial score (nSPS) is 35.8. The molecule has 3 fully saturated rings. The largest absolute Gasteiger partial charge is 0.394 e. The number of nitrogens with one attached hydrogen (secondary N) is 1. The molecule has 3 nitrogen and oxygen atoms in total. The van der Waals surface area contributed by atoms with Gasteiger partial charge in [-0.15, -0.1) is 0 Å². The van der Waals surface area contributed by atoms with Crippen LogP contribution in [-0.4, -0.2) is 23.2 Å². The second kappa shape index (κ2) is 6.68. The van der Waals surface area contributed by atoms with Gasteiger partial charge in [0.15, 0.2) is 0 Å². The molecule has 3 heteroatoms. The van der Waals surface area contributed by atoms with Crippen LogP contribution in [-0.2, 0) is 4.79 Å². The summed E-state index contributed by atoms with van der Waals surface area (Å²) in [5.41, 5.74) is -0.307. The third-order valence-corrected chi connectivity index (χ3v) is 6.41. The van der Waals surface area contributed by atoms with Crippen molar-refractivity contribution < 1.29 is 9.90 Å². The summed E-state index contributed by atoms with van der Waals surface area (Å²) in [4.78, 5) is 12.7. The smallest absolute Gasteiger partial charge is 0.223 e. The van der Waals surface area contributed by atoms with Crippen LogP contribution in [0.15, 0.2) is 0 Å². The van der Waals surface area contributed by atoms with Gasteiger partial charge in [-0.1, -0.05) is 44.9 Å². The molecule has 0 aliphatic heterocycles. The Bertz CT molecular complexity index is 362. The zero-order chi connectivity index (χ0) is 14.7. The second-order valence-corrected chi connectivity index (χ2v) is 7.80. The molecule has 120 valence electrons. The number of aliphatic hydroxyl groups excluding tert-OH is 1. The third kappa shape index (κ3) is 3.44. The molecule has 0 bridgehead atoms. The average Bonchev–Trinajstić information content (AvgIpc) is 2.55. The van der Waals surface area contributed by atoms with Gasteiger partial charge in [0.2, 0.25) is 5.91 Å². The van der Waals surface area contributed by atoms with Gasteiger partial charge in [0.05, 0.1) is 12.1 Å². The van der Waals surface area contributed by atoms with Gasteiger partial charge in [-0.25, -0.2) is 0 Å². The van der Waals surface area contributed by atoms with Crippen molar-refractivity contribution in [1.82, 2.24) is 5.32 Å².